The van der Waals surface area contributed by atoms with Crippen molar-refractivity contribution in [1.29, 1.82) is 0 Å². The number of hydrogen-bond donors (Lipinski definition) is 3. The van der Waals surface area contributed by atoms with Gasteiger partial charge in [0.2, 0.25) is 5.91 Å². The van der Waals surface area contributed by atoms with E-state index in [0.29, 0.717) is 18.0 Å². The number of imide groups is 1. The molecule has 104 valence electrons. The van der Waals surface area contributed by atoms with Crippen molar-refractivity contribution in [3.8, 4) is 5.75 Å². The number of amides is 3. The van der Waals surface area contributed by atoms with E-state index in [1.807, 2.05) is 0 Å². The topological polar surface area (TPSA) is 93.5 Å². The van der Waals surface area contributed by atoms with Crippen LogP contribution in [-0.4, -0.2) is 31.3 Å². The molecule has 0 spiro atoms. The summed E-state index contributed by atoms with van der Waals surface area (Å²) in [5.74, 6) is 0.364. The van der Waals surface area contributed by atoms with Gasteiger partial charge >= 0.3 is 6.03 Å². The lowest BCUT2D eigenvalue weighted by atomic mass is 10.3. The fourth-order valence-corrected chi connectivity index (χ4v) is 2.12. The standard InChI is InChI=1S/C12H17N3O3S/c1-3-14-12(17)15-11(16)7-19-10-5-4-8(13)6-9(10)18-2/h4-6H,3,7,13H2,1-2H3,(H2,14,15,16,17). The van der Waals surface area contributed by atoms with Crippen LogP contribution in [0.25, 0.3) is 0 Å². The summed E-state index contributed by atoms with van der Waals surface area (Å²) >= 11 is 1.28. The summed E-state index contributed by atoms with van der Waals surface area (Å²) in [6, 6.07) is 4.70. The first-order valence-electron chi connectivity index (χ1n) is 5.70. The first kappa shape index (κ1) is 15.2. The number of anilines is 1. The minimum Gasteiger partial charge on any atom is -0.496 e. The maximum Gasteiger partial charge on any atom is 0.321 e. The summed E-state index contributed by atoms with van der Waals surface area (Å²) in [6.45, 7) is 2.25. The van der Waals surface area contributed by atoms with Gasteiger partial charge in [-0.2, -0.15) is 0 Å². The summed E-state index contributed by atoms with van der Waals surface area (Å²) < 4.78 is 5.17. The van der Waals surface area contributed by atoms with Crippen molar-refractivity contribution in [2.24, 2.45) is 0 Å². The molecule has 4 N–H and O–H groups in total. The van der Waals surface area contributed by atoms with Crippen molar-refractivity contribution >= 4 is 29.4 Å². The van der Waals surface area contributed by atoms with Crippen LogP contribution in [0.1, 0.15) is 6.92 Å². The molecule has 0 aliphatic rings. The average Bonchev–Trinajstić information content (AvgIpc) is 2.37. The third-order valence-electron chi connectivity index (χ3n) is 2.14. The number of ether oxygens (including phenoxy) is 1. The minimum absolute atomic E-state index is 0.122. The van der Waals surface area contributed by atoms with Crippen LogP contribution in [0, 0.1) is 0 Å². The van der Waals surface area contributed by atoms with Crippen LogP contribution in [0.4, 0.5) is 10.5 Å². The molecule has 0 saturated carbocycles. The first-order chi connectivity index (χ1) is 9.06. The highest BCUT2D eigenvalue weighted by atomic mass is 32.2. The summed E-state index contributed by atoms with van der Waals surface area (Å²) in [6.07, 6.45) is 0. The second kappa shape index (κ2) is 7.52. The van der Waals surface area contributed by atoms with Crippen LogP contribution in [-0.2, 0) is 4.79 Å². The number of carbonyl (C=O) groups is 2. The number of urea groups is 1. The Morgan fingerprint density at radius 2 is 2.16 bits per heavy atom. The lowest BCUT2D eigenvalue weighted by Gasteiger charge is -2.09. The number of carbonyl (C=O) groups excluding carboxylic acids is 2. The average molecular weight is 283 g/mol. The van der Waals surface area contributed by atoms with E-state index in [2.05, 4.69) is 10.6 Å². The summed E-state index contributed by atoms with van der Waals surface area (Å²) in [4.78, 5) is 23.4. The zero-order valence-corrected chi connectivity index (χ0v) is 11.7. The van der Waals surface area contributed by atoms with Crippen LogP contribution in [0.2, 0.25) is 0 Å². The largest absolute Gasteiger partial charge is 0.496 e. The molecule has 0 aliphatic heterocycles. The molecule has 0 aromatic heterocycles. The van der Waals surface area contributed by atoms with Gasteiger partial charge in [-0.1, -0.05) is 0 Å². The molecule has 0 fully saturated rings. The fourth-order valence-electron chi connectivity index (χ4n) is 1.31. The number of benzene rings is 1. The van der Waals surface area contributed by atoms with E-state index in [0.717, 1.165) is 4.90 Å². The quantitative estimate of drug-likeness (QED) is 0.558. The highest BCUT2D eigenvalue weighted by Gasteiger charge is 2.10. The molecule has 0 heterocycles. The van der Waals surface area contributed by atoms with Gasteiger partial charge in [-0.15, -0.1) is 11.8 Å². The molecule has 7 heteroatoms. The van der Waals surface area contributed by atoms with Gasteiger partial charge in [0.1, 0.15) is 5.75 Å². The van der Waals surface area contributed by atoms with Crippen molar-refractivity contribution in [3.63, 3.8) is 0 Å². The summed E-state index contributed by atoms with van der Waals surface area (Å²) in [7, 11) is 1.54. The Labute approximate surface area is 116 Å². The Morgan fingerprint density at radius 1 is 1.42 bits per heavy atom. The van der Waals surface area contributed by atoms with Gasteiger partial charge in [0.05, 0.1) is 12.9 Å². The number of rotatable bonds is 5. The van der Waals surface area contributed by atoms with Crippen molar-refractivity contribution in [2.45, 2.75) is 11.8 Å². The van der Waals surface area contributed by atoms with Gasteiger partial charge in [-0.3, -0.25) is 10.1 Å². The zero-order chi connectivity index (χ0) is 14.3. The van der Waals surface area contributed by atoms with Crippen molar-refractivity contribution in [1.82, 2.24) is 10.6 Å². The number of nitrogen functional groups attached to an aromatic ring is 1. The van der Waals surface area contributed by atoms with E-state index in [1.165, 1.54) is 18.9 Å². The van der Waals surface area contributed by atoms with Gasteiger partial charge < -0.3 is 15.8 Å². The summed E-state index contributed by atoms with van der Waals surface area (Å²) in [5.41, 5.74) is 6.23. The van der Waals surface area contributed by atoms with Gasteiger partial charge in [-0.25, -0.2) is 4.79 Å². The van der Waals surface area contributed by atoms with Crippen LogP contribution in [0.15, 0.2) is 23.1 Å². The highest BCUT2D eigenvalue weighted by molar-refractivity contribution is 8.00. The van der Waals surface area contributed by atoms with Gasteiger partial charge in [-0.05, 0) is 19.1 Å². The normalized spacial score (nSPS) is 9.79. The Kier molecular flexibility index (Phi) is 6.01. The lowest BCUT2D eigenvalue weighted by Crippen LogP contribution is -2.40. The first-order valence-corrected chi connectivity index (χ1v) is 6.69. The third-order valence-corrected chi connectivity index (χ3v) is 3.19. The second-order valence-corrected chi connectivity index (χ2v) is 4.62. The van der Waals surface area contributed by atoms with Crippen LogP contribution in [0.3, 0.4) is 0 Å². The molecule has 0 saturated heterocycles. The number of thioether (sulfide) groups is 1. The molecule has 0 aliphatic carbocycles. The number of hydrogen-bond acceptors (Lipinski definition) is 5. The number of nitrogens with two attached hydrogens (primary N) is 1. The molecule has 1 rings (SSSR count). The molecular weight excluding hydrogens is 266 g/mol. The lowest BCUT2D eigenvalue weighted by molar-refractivity contribution is -0.117. The Balaban J connectivity index is 2.52. The Morgan fingerprint density at radius 3 is 2.79 bits per heavy atom. The Bertz CT molecular complexity index is 466. The van der Waals surface area contributed by atoms with Crippen molar-refractivity contribution in [2.75, 3.05) is 25.1 Å². The van der Waals surface area contributed by atoms with Crippen LogP contribution < -0.4 is 21.1 Å². The molecule has 1 aromatic carbocycles. The molecule has 6 nitrogen and oxygen atoms in total. The second-order valence-electron chi connectivity index (χ2n) is 3.61. The van der Waals surface area contributed by atoms with Crippen LogP contribution >= 0.6 is 11.8 Å². The van der Waals surface area contributed by atoms with Crippen LogP contribution in [0.5, 0.6) is 5.75 Å². The van der Waals surface area contributed by atoms with Gasteiger partial charge in [0.25, 0.3) is 0 Å². The van der Waals surface area contributed by atoms with E-state index >= 15 is 0 Å². The van der Waals surface area contributed by atoms with E-state index < -0.39 is 6.03 Å². The molecule has 0 radical (unpaired) electrons. The predicted molar refractivity (Wildman–Crippen MR) is 75.3 cm³/mol. The maximum atomic E-state index is 11.5. The van der Waals surface area contributed by atoms with Gasteiger partial charge in [0.15, 0.2) is 0 Å². The maximum absolute atomic E-state index is 11.5. The summed E-state index contributed by atoms with van der Waals surface area (Å²) in [5, 5.41) is 4.71. The SMILES string of the molecule is CCNC(=O)NC(=O)CSc1ccc(N)cc1OC. The number of nitrogens with one attached hydrogen (secondary N) is 2. The van der Waals surface area contributed by atoms with Crippen molar-refractivity contribution in [3.05, 3.63) is 18.2 Å². The molecule has 1 aromatic rings. The molecular formula is C12H17N3O3S. The van der Waals surface area contributed by atoms with E-state index in [1.54, 1.807) is 25.1 Å². The molecule has 19 heavy (non-hydrogen) atoms. The third kappa shape index (κ3) is 5.09. The van der Waals surface area contributed by atoms with E-state index in [-0.39, 0.29) is 11.7 Å². The molecule has 3 amide bonds. The zero-order valence-electron chi connectivity index (χ0n) is 10.9. The van der Waals surface area contributed by atoms with Crippen molar-refractivity contribution < 1.29 is 14.3 Å². The predicted octanol–water partition coefficient (Wildman–Crippen LogP) is 1.22. The number of methoxy groups -OCH3 is 1. The van der Waals surface area contributed by atoms with Gasteiger partial charge in [0, 0.05) is 23.2 Å². The monoisotopic (exact) mass is 283 g/mol. The minimum atomic E-state index is -0.489. The van der Waals surface area contributed by atoms with E-state index in [4.69, 9.17) is 10.5 Å². The Hall–Kier alpha value is -1.89. The molecule has 0 bridgehead atoms. The smallest absolute Gasteiger partial charge is 0.321 e. The molecule has 0 unspecified atom stereocenters. The molecule has 0 atom stereocenters. The fraction of sp³-hybridized carbons (Fsp3) is 0.333. The highest BCUT2D eigenvalue weighted by Crippen LogP contribution is 2.30. The van der Waals surface area contributed by atoms with E-state index in [9.17, 15) is 9.59 Å².